The van der Waals surface area contributed by atoms with E-state index < -0.39 is 5.54 Å². The van der Waals surface area contributed by atoms with Crippen LogP contribution in [0.15, 0.2) is 4.52 Å². The second-order valence-corrected chi connectivity index (χ2v) is 5.17. The molecule has 2 heterocycles. The van der Waals surface area contributed by atoms with E-state index in [4.69, 9.17) is 10.3 Å². The van der Waals surface area contributed by atoms with Crippen molar-refractivity contribution >= 4 is 5.91 Å². The van der Waals surface area contributed by atoms with Crippen molar-refractivity contribution in [2.45, 2.75) is 38.9 Å². The molecule has 1 aromatic heterocycles. The number of nitrogens with two attached hydrogens (primary N) is 1. The van der Waals surface area contributed by atoms with Crippen LogP contribution in [0, 0.1) is 0 Å². The number of nitrogens with zero attached hydrogens (tertiary/aromatic N) is 3. The van der Waals surface area contributed by atoms with Gasteiger partial charge in [-0.1, -0.05) is 5.16 Å². The van der Waals surface area contributed by atoms with Gasteiger partial charge in [0.15, 0.2) is 5.82 Å². The Bertz CT molecular complexity index is 437. The van der Waals surface area contributed by atoms with Crippen molar-refractivity contribution in [1.82, 2.24) is 20.4 Å². The molecule has 1 aliphatic heterocycles. The molecule has 18 heavy (non-hydrogen) atoms. The summed E-state index contributed by atoms with van der Waals surface area (Å²) in [6, 6.07) is -0.181. The van der Waals surface area contributed by atoms with E-state index in [1.54, 1.807) is 0 Å². The normalized spacial score (nSPS) is 22.0. The van der Waals surface area contributed by atoms with Gasteiger partial charge in [-0.05, 0) is 20.8 Å². The van der Waals surface area contributed by atoms with Gasteiger partial charge in [-0.3, -0.25) is 9.69 Å². The highest BCUT2D eigenvalue weighted by Crippen LogP contribution is 2.15. The minimum Gasteiger partial charge on any atom is -0.353 e. The molecule has 1 unspecified atom stereocenters. The Morgan fingerprint density at radius 2 is 2.33 bits per heavy atom. The van der Waals surface area contributed by atoms with E-state index in [2.05, 4.69) is 15.5 Å². The Hall–Kier alpha value is -1.47. The summed E-state index contributed by atoms with van der Waals surface area (Å²) in [6.07, 6.45) is 0. The molecule has 100 valence electrons. The highest BCUT2D eigenvalue weighted by molar-refractivity contribution is 5.81. The summed E-state index contributed by atoms with van der Waals surface area (Å²) in [7, 11) is 0. The van der Waals surface area contributed by atoms with Gasteiger partial charge in [0.2, 0.25) is 11.8 Å². The van der Waals surface area contributed by atoms with Crippen LogP contribution in [-0.4, -0.2) is 40.1 Å². The van der Waals surface area contributed by atoms with Crippen LogP contribution in [0.3, 0.4) is 0 Å². The lowest BCUT2D eigenvalue weighted by Crippen LogP contribution is -2.53. The molecule has 0 spiro atoms. The number of hydrogen-bond donors (Lipinski definition) is 2. The standard InChI is InChI=1S/C11H19N5O2/c1-7-9(17)13-4-5-16(7)6-8-14-10(15-18-8)11(2,3)12/h7H,4-6,12H2,1-3H3,(H,13,17). The minimum atomic E-state index is -0.618. The predicted octanol–water partition coefficient (Wildman–Crippen LogP) is -0.416. The van der Waals surface area contributed by atoms with Crippen LogP contribution in [0.1, 0.15) is 32.5 Å². The molecular formula is C11H19N5O2. The lowest BCUT2D eigenvalue weighted by molar-refractivity contribution is -0.128. The fraction of sp³-hybridized carbons (Fsp3) is 0.727. The molecule has 1 atom stereocenters. The highest BCUT2D eigenvalue weighted by Gasteiger charge is 2.28. The fourth-order valence-electron chi connectivity index (χ4n) is 1.80. The number of carbonyl (C=O) groups is 1. The quantitative estimate of drug-likeness (QED) is 0.759. The third-order valence-electron chi connectivity index (χ3n) is 3.01. The number of rotatable bonds is 3. The minimum absolute atomic E-state index is 0.0279. The van der Waals surface area contributed by atoms with E-state index in [0.717, 1.165) is 6.54 Å². The van der Waals surface area contributed by atoms with Gasteiger partial charge in [-0.25, -0.2) is 0 Å². The number of piperazine rings is 1. The summed E-state index contributed by atoms with van der Waals surface area (Å²) in [5.41, 5.74) is 5.27. The Balaban J connectivity index is 2.05. The number of carbonyl (C=O) groups excluding carboxylic acids is 1. The van der Waals surface area contributed by atoms with E-state index in [1.807, 2.05) is 25.7 Å². The van der Waals surface area contributed by atoms with Crippen molar-refractivity contribution in [2.24, 2.45) is 5.73 Å². The van der Waals surface area contributed by atoms with Gasteiger partial charge in [0.1, 0.15) is 0 Å². The maximum Gasteiger partial charge on any atom is 0.240 e. The summed E-state index contributed by atoms with van der Waals surface area (Å²) in [6.45, 7) is 7.39. The zero-order valence-corrected chi connectivity index (χ0v) is 10.9. The van der Waals surface area contributed by atoms with Crippen LogP contribution in [0.5, 0.6) is 0 Å². The average Bonchev–Trinajstić information content (AvgIpc) is 2.73. The summed E-state index contributed by atoms with van der Waals surface area (Å²) >= 11 is 0. The number of aromatic nitrogens is 2. The van der Waals surface area contributed by atoms with E-state index in [1.165, 1.54) is 0 Å². The molecule has 1 fully saturated rings. The van der Waals surface area contributed by atoms with Gasteiger partial charge in [-0.15, -0.1) is 0 Å². The maximum atomic E-state index is 11.5. The van der Waals surface area contributed by atoms with Crippen LogP contribution in [0.2, 0.25) is 0 Å². The first-order valence-corrected chi connectivity index (χ1v) is 6.01. The molecule has 0 bridgehead atoms. The molecular weight excluding hydrogens is 234 g/mol. The van der Waals surface area contributed by atoms with Gasteiger partial charge >= 0.3 is 0 Å². The van der Waals surface area contributed by atoms with Gasteiger partial charge in [-0.2, -0.15) is 4.98 Å². The second kappa shape index (κ2) is 4.66. The monoisotopic (exact) mass is 253 g/mol. The van der Waals surface area contributed by atoms with Crippen molar-refractivity contribution < 1.29 is 9.32 Å². The van der Waals surface area contributed by atoms with E-state index >= 15 is 0 Å². The smallest absolute Gasteiger partial charge is 0.240 e. The van der Waals surface area contributed by atoms with E-state index in [9.17, 15) is 4.79 Å². The third-order valence-corrected chi connectivity index (χ3v) is 3.01. The average molecular weight is 253 g/mol. The molecule has 0 saturated carbocycles. The lowest BCUT2D eigenvalue weighted by atomic mass is 10.1. The molecule has 0 aliphatic carbocycles. The molecule has 1 aromatic rings. The third kappa shape index (κ3) is 2.68. The molecule has 1 amide bonds. The first-order chi connectivity index (χ1) is 8.38. The Kier molecular flexibility index (Phi) is 3.36. The molecule has 1 aliphatic rings. The number of amides is 1. The van der Waals surface area contributed by atoms with Crippen LogP contribution in [0.4, 0.5) is 0 Å². The summed E-state index contributed by atoms with van der Waals surface area (Å²) in [5.74, 6) is 0.997. The van der Waals surface area contributed by atoms with Crippen molar-refractivity contribution in [1.29, 1.82) is 0 Å². The first kappa shape index (κ1) is 13.0. The molecule has 2 rings (SSSR count). The fourth-order valence-corrected chi connectivity index (χ4v) is 1.80. The van der Waals surface area contributed by atoms with Crippen molar-refractivity contribution in [2.75, 3.05) is 13.1 Å². The Labute approximate surface area is 106 Å². The molecule has 3 N–H and O–H groups in total. The predicted molar refractivity (Wildman–Crippen MR) is 64.4 cm³/mol. The Morgan fingerprint density at radius 3 is 2.94 bits per heavy atom. The van der Waals surface area contributed by atoms with Crippen LogP contribution in [0.25, 0.3) is 0 Å². The van der Waals surface area contributed by atoms with Crippen LogP contribution < -0.4 is 11.1 Å². The summed E-state index contributed by atoms with van der Waals surface area (Å²) in [4.78, 5) is 17.8. The molecule has 0 radical (unpaired) electrons. The number of hydrogen-bond acceptors (Lipinski definition) is 6. The molecule has 0 aromatic carbocycles. The molecule has 7 heteroatoms. The number of nitrogens with one attached hydrogen (secondary N) is 1. The Morgan fingerprint density at radius 1 is 1.61 bits per heavy atom. The molecule has 7 nitrogen and oxygen atoms in total. The van der Waals surface area contributed by atoms with E-state index in [0.29, 0.717) is 24.8 Å². The first-order valence-electron chi connectivity index (χ1n) is 6.01. The largest absolute Gasteiger partial charge is 0.353 e. The zero-order chi connectivity index (χ0) is 13.3. The van der Waals surface area contributed by atoms with Gasteiger partial charge in [0.25, 0.3) is 0 Å². The van der Waals surface area contributed by atoms with Crippen molar-refractivity contribution in [3.63, 3.8) is 0 Å². The molecule has 1 saturated heterocycles. The van der Waals surface area contributed by atoms with Gasteiger partial charge in [0.05, 0.1) is 18.1 Å². The highest BCUT2D eigenvalue weighted by atomic mass is 16.5. The maximum absolute atomic E-state index is 11.5. The lowest BCUT2D eigenvalue weighted by Gasteiger charge is -2.31. The topological polar surface area (TPSA) is 97.3 Å². The summed E-state index contributed by atoms with van der Waals surface area (Å²) < 4.78 is 5.16. The van der Waals surface area contributed by atoms with E-state index in [-0.39, 0.29) is 11.9 Å². The zero-order valence-electron chi connectivity index (χ0n) is 10.9. The van der Waals surface area contributed by atoms with Crippen LogP contribution in [-0.2, 0) is 16.9 Å². The van der Waals surface area contributed by atoms with Crippen LogP contribution >= 0.6 is 0 Å². The SMILES string of the molecule is CC1C(=O)NCCN1Cc1nc(C(C)(C)N)no1. The van der Waals surface area contributed by atoms with Crippen molar-refractivity contribution in [3.8, 4) is 0 Å². The van der Waals surface area contributed by atoms with Crippen molar-refractivity contribution in [3.05, 3.63) is 11.7 Å². The van der Waals surface area contributed by atoms with Gasteiger partial charge in [0, 0.05) is 13.1 Å². The summed E-state index contributed by atoms with van der Waals surface area (Å²) in [5, 5.41) is 6.67. The second-order valence-electron chi connectivity index (χ2n) is 5.17. The van der Waals surface area contributed by atoms with Gasteiger partial charge < -0.3 is 15.6 Å².